The van der Waals surface area contributed by atoms with Crippen molar-refractivity contribution in [1.29, 1.82) is 0 Å². The van der Waals surface area contributed by atoms with Crippen molar-refractivity contribution in [3.05, 3.63) is 24.0 Å². The van der Waals surface area contributed by atoms with E-state index in [9.17, 15) is 4.79 Å². The second kappa shape index (κ2) is 9.20. The van der Waals surface area contributed by atoms with Crippen molar-refractivity contribution >= 4 is 11.6 Å². The molecular weight excluding hydrogens is 354 g/mol. The lowest BCUT2D eigenvalue weighted by molar-refractivity contribution is -0.0500. The Bertz CT molecular complexity index is 631. The van der Waals surface area contributed by atoms with Crippen molar-refractivity contribution in [3.8, 4) is 0 Å². The molecule has 3 aliphatic rings. The van der Waals surface area contributed by atoms with Gasteiger partial charge in [0.15, 0.2) is 0 Å². The SMILES string of the molecule is CN1CCN(c2ccc(C(=O)N3CCC(OC4CCNCC4)CC3)nc2)CC1. The summed E-state index contributed by atoms with van der Waals surface area (Å²) in [7, 11) is 2.15. The first kappa shape index (κ1) is 19.6. The van der Waals surface area contributed by atoms with Crippen LogP contribution in [0.3, 0.4) is 0 Å². The Balaban J connectivity index is 1.26. The third-order valence-electron chi connectivity index (χ3n) is 6.24. The van der Waals surface area contributed by atoms with Crippen LogP contribution < -0.4 is 10.2 Å². The van der Waals surface area contributed by atoms with E-state index in [-0.39, 0.29) is 5.91 Å². The highest BCUT2D eigenvalue weighted by molar-refractivity contribution is 5.92. The molecule has 7 heteroatoms. The Morgan fingerprint density at radius 2 is 1.68 bits per heavy atom. The van der Waals surface area contributed by atoms with Crippen molar-refractivity contribution in [2.45, 2.75) is 37.9 Å². The van der Waals surface area contributed by atoms with Gasteiger partial charge in [-0.3, -0.25) is 4.79 Å². The van der Waals surface area contributed by atoms with Gasteiger partial charge in [-0.05, 0) is 58.0 Å². The summed E-state index contributed by atoms with van der Waals surface area (Å²) >= 11 is 0. The summed E-state index contributed by atoms with van der Waals surface area (Å²) in [6.07, 6.45) is 6.58. The number of piperidine rings is 2. The van der Waals surface area contributed by atoms with Crippen LogP contribution in [0.2, 0.25) is 0 Å². The second-order valence-corrected chi connectivity index (χ2v) is 8.27. The number of likely N-dealkylation sites (N-methyl/N-ethyl adjacent to an activating group) is 1. The molecule has 1 aromatic rings. The highest BCUT2D eigenvalue weighted by atomic mass is 16.5. The maximum atomic E-state index is 12.8. The minimum absolute atomic E-state index is 0.0465. The van der Waals surface area contributed by atoms with Gasteiger partial charge in [-0.25, -0.2) is 4.98 Å². The van der Waals surface area contributed by atoms with Gasteiger partial charge < -0.3 is 24.8 Å². The van der Waals surface area contributed by atoms with Crippen molar-refractivity contribution < 1.29 is 9.53 Å². The fourth-order valence-corrected chi connectivity index (χ4v) is 4.32. The Kier molecular flexibility index (Phi) is 6.44. The summed E-state index contributed by atoms with van der Waals surface area (Å²) in [5.41, 5.74) is 1.66. The summed E-state index contributed by atoms with van der Waals surface area (Å²) in [6, 6.07) is 3.92. The van der Waals surface area contributed by atoms with Crippen molar-refractivity contribution in [1.82, 2.24) is 20.1 Å². The Morgan fingerprint density at radius 3 is 2.32 bits per heavy atom. The number of ether oxygens (including phenoxy) is 1. The van der Waals surface area contributed by atoms with Crippen LogP contribution in [0.15, 0.2) is 18.3 Å². The third-order valence-corrected chi connectivity index (χ3v) is 6.24. The van der Waals surface area contributed by atoms with E-state index in [1.807, 2.05) is 23.2 Å². The number of piperazine rings is 1. The molecule has 0 aromatic carbocycles. The van der Waals surface area contributed by atoms with Crippen LogP contribution in [0.1, 0.15) is 36.2 Å². The number of anilines is 1. The molecule has 28 heavy (non-hydrogen) atoms. The van der Waals surface area contributed by atoms with Gasteiger partial charge in [-0.15, -0.1) is 0 Å². The largest absolute Gasteiger partial charge is 0.375 e. The van der Waals surface area contributed by atoms with E-state index >= 15 is 0 Å². The number of aromatic nitrogens is 1. The van der Waals surface area contributed by atoms with E-state index in [0.29, 0.717) is 17.9 Å². The summed E-state index contributed by atoms with van der Waals surface area (Å²) in [5, 5.41) is 3.37. The molecule has 1 aromatic heterocycles. The van der Waals surface area contributed by atoms with E-state index in [0.717, 1.165) is 83.7 Å². The molecule has 0 bridgehead atoms. The van der Waals surface area contributed by atoms with Gasteiger partial charge >= 0.3 is 0 Å². The molecule has 1 amide bonds. The monoisotopic (exact) mass is 387 g/mol. The molecule has 154 valence electrons. The van der Waals surface area contributed by atoms with E-state index in [2.05, 4.69) is 27.1 Å². The molecule has 7 nitrogen and oxygen atoms in total. The molecule has 0 saturated carbocycles. The van der Waals surface area contributed by atoms with Gasteiger partial charge in [0.05, 0.1) is 24.1 Å². The van der Waals surface area contributed by atoms with Crippen LogP contribution in [0.5, 0.6) is 0 Å². The average molecular weight is 388 g/mol. The smallest absolute Gasteiger partial charge is 0.272 e. The van der Waals surface area contributed by atoms with Crippen LogP contribution in [0, 0.1) is 0 Å². The predicted molar refractivity (Wildman–Crippen MR) is 110 cm³/mol. The van der Waals surface area contributed by atoms with Crippen LogP contribution in [0.4, 0.5) is 5.69 Å². The number of rotatable bonds is 4. The highest BCUT2D eigenvalue weighted by Crippen LogP contribution is 2.21. The number of amides is 1. The maximum Gasteiger partial charge on any atom is 0.272 e. The first-order chi connectivity index (χ1) is 13.7. The topological polar surface area (TPSA) is 60.9 Å². The Hall–Kier alpha value is -1.70. The minimum atomic E-state index is 0.0465. The number of nitrogens with one attached hydrogen (secondary N) is 1. The number of likely N-dealkylation sites (tertiary alicyclic amines) is 1. The molecule has 0 unspecified atom stereocenters. The number of nitrogens with zero attached hydrogens (tertiary/aromatic N) is 4. The fourth-order valence-electron chi connectivity index (χ4n) is 4.32. The number of carbonyl (C=O) groups excluding carboxylic acids is 1. The zero-order valence-electron chi connectivity index (χ0n) is 17.0. The lowest BCUT2D eigenvalue weighted by Gasteiger charge is -2.35. The molecule has 3 aliphatic heterocycles. The van der Waals surface area contributed by atoms with E-state index in [1.54, 1.807) is 0 Å². The second-order valence-electron chi connectivity index (χ2n) is 8.27. The third kappa shape index (κ3) is 4.82. The van der Waals surface area contributed by atoms with Crippen LogP contribution in [-0.4, -0.2) is 92.3 Å². The Labute approximate surface area is 168 Å². The molecule has 3 fully saturated rings. The number of hydrogen-bond donors (Lipinski definition) is 1. The quantitative estimate of drug-likeness (QED) is 0.838. The minimum Gasteiger partial charge on any atom is -0.375 e. The van der Waals surface area contributed by atoms with Crippen LogP contribution in [-0.2, 0) is 4.74 Å². The molecule has 1 N–H and O–H groups in total. The lowest BCUT2D eigenvalue weighted by atomic mass is 10.0. The molecule has 0 atom stereocenters. The molecule has 0 radical (unpaired) electrons. The molecule has 0 aliphatic carbocycles. The lowest BCUT2D eigenvalue weighted by Crippen LogP contribution is -2.44. The van der Waals surface area contributed by atoms with Gasteiger partial charge in [0.25, 0.3) is 5.91 Å². The summed E-state index contributed by atoms with van der Waals surface area (Å²) in [6.45, 7) is 7.78. The predicted octanol–water partition coefficient (Wildman–Crippen LogP) is 1.21. The zero-order valence-corrected chi connectivity index (χ0v) is 17.0. The molecule has 4 rings (SSSR count). The summed E-state index contributed by atoms with van der Waals surface area (Å²) in [4.78, 5) is 23.9. The normalized spacial score (nSPS) is 23.2. The number of pyridine rings is 1. The number of carbonyl (C=O) groups is 1. The first-order valence-electron chi connectivity index (χ1n) is 10.7. The standard InChI is InChI=1S/C21H33N5O2/c1-24-12-14-25(15-13-24)17-2-3-20(23-16-17)21(27)26-10-6-19(7-11-26)28-18-4-8-22-9-5-18/h2-3,16,18-19,22H,4-15H2,1H3. The van der Waals surface area contributed by atoms with Gasteiger partial charge in [0.1, 0.15) is 5.69 Å². The van der Waals surface area contributed by atoms with Crippen molar-refractivity contribution in [2.24, 2.45) is 0 Å². The van der Waals surface area contributed by atoms with Crippen LogP contribution >= 0.6 is 0 Å². The van der Waals surface area contributed by atoms with Crippen LogP contribution in [0.25, 0.3) is 0 Å². The molecule has 4 heterocycles. The molecule has 3 saturated heterocycles. The van der Waals surface area contributed by atoms with Crippen molar-refractivity contribution in [3.63, 3.8) is 0 Å². The highest BCUT2D eigenvalue weighted by Gasteiger charge is 2.27. The van der Waals surface area contributed by atoms with Gasteiger partial charge in [-0.2, -0.15) is 0 Å². The summed E-state index contributed by atoms with van der Waals surface area (Å²) in [5.74, 6) is 0.0465. The van der Waals surface area contributed by atoms with E-state index in [4.69, 9.17) is 4.74 Å². The molecular formula is C21H33N5O2. The fraction of sp³-hybridized carbons (Fsp3) is 0.714. The van der Waals surface area contributed by atoms with E-state index in [1.165, 1.54) is 0 Å². The van der Waals surface area contributed by atoms with Gasteiger partial charge in [-0.1, -0.05) is 0 Å². The van der Waals surface area contributed by atoms with Crippen molar-refractivity contribution in [2.75, 3.05) is 64.3 Å². The first-order valence-corrected chi connectivity index (χ1v) is 10.7. The molecule has 0 spiro atoms. The summed E-state index contributed by atoms with van der Waals surface area (Å²) < 4.78 is 6.25. The van der Waals surface area contributed by atoms with Gasteiger partial charge in [0.2, 0.25) is 0 Å². The number of hydrogen-bond acceptors (Lipinski definition) is 6. The Morgan fingerprint density at radius 1 is 1.00 bits per heavy atom. The van der Waals surface area contributed by atoms with E-state index < -0.39 is 0 Å². The average Bonchev–Trinajstić information content (AvgIpc) is 2.75. The zero-order chi connectivity index (χ0) is 19.3. The maximum absolute atomic E-state index is 12.8. The van der Waals surface area contributed by atoms with Gasteiger partial charge in [0, 0.05) is 39.3 Å².